The molecule has 0 fully saturated rings. The maximum absolute atomic E-state index is 9.12. The van der Waals surface area contributed by atoms with E-state index in [0.29, 0.717) is 29.5 Å². The summed E-state index contributed by atoms with van der Waals surface area (Å²) in [6.07, 6.45) is 3.40. The topological polar surface area (TPSA) is 112 Å². The Hall–Kier alpha value is -4.04. The number of aromatic amines is 1. The molecule has 30 heavy (non-hydrogen) atoms. The normalized spacial score (nSPS) is 11.1. The number of hydrogen-bond acceptors (Lipinski definition) is 7. The fourth-order valence-corrected chi connectivity index (χ4v) is 3.41. The van der Waals surface area contributed by atoms with Gasteiger partial charge >= 0.3 is 0 Å². The molecule has 0 bridgehead atoms. The molecule has 0 aliphatic rings. The van der Waals surface area contributed by atoms with Gasteiger partial charge in [-0.2, -0.15) is 9.97 Å². The van der Waals surface area contributed by atoms with Gasteiger partial charge in [-0.05, 0) is 35.4 Å². The Kier molecular flexibility index (Phi) is 4.66. The molecule has 0 saturated carbocycles. The molecule has 4 N–H and O–H groups in total. The highest BCUT2D eigenvalue weighted by atomic mass is 16.3. The number of benzene rings is 2. The molecule has 5 rings (SSSR count). The summed E-state index contributed by atoms with van der Waals surface area (Å²) >= 11 is 0. The Labute approximate surface area is 172 Å². The molecule has 0 aliphatic carbocycles. The molecule has 0 unspecified atom stereocenters. The lowest BCUT2D eigenvalue weighted by Crippen LogP contribution is -2.09. The van der Waals surface area contributed by atoms with E-state index in [1.54, 1.807) is 6.33 Å². The zero-order valence-electron chi connectivity index (χ0n) is 16.0. The SMILES string of the molecule is OCCNc1nc(Nc2ccc3nccc(-c4ccccc4)c3c2)nc2nc[nH]c12. The van der Waals surface area contributed by atoms with Crippen LogP contribution in [0.3, 0.4) is 0 Å². The van der Waals surface area contributed by atoms with E-state index in [9.17, 15) is 0 Å². The number of aliphatic hydroxyl groups is 1. The van der Waals surface area contributed by atoms with Crippen molar-refractivity contribution in [3.63, 3.8) is 0 Å². The quantitative estimate of drug-likeness (QED) is 0.345. The summed E-state index contributed by atoms with van der Waals surface area (Å²) in [5, 5.41) is 16.5. The highest BCUT2D eigenvalue weighted by Crippen LogP contribution is 2.30. The van der Waals surface area contributed by atoms with E-state index in [4.69, 9.17) is 5.11 Å². The van der Waals surface area contributed by atoms with Gasteiger partial charge in [0.15, 0.2) is 11.5 Å². The molecule has 3 aromatic heterocycles. The minimum Gasteiger partial charge on any atom is -0.395 e. The summed E-state index contributed by atoms with van der Waals surface area (Å²) in [5.74, 6) is 1.00. The second-order valence-corrected chi connectivity index (χ2v) is 6.73. The Morgan fingerprint density at radius 3 is 2.73 bits per heavy atom. The molecule has 2 aromatic carbocycles. The van der Waals surface area contributed by atoms with E-state index >= 15 is 0 Å². The molecule has 3 heterocycles. The number of imidazole rings is 1. The fraction of sp³-hybridized carbons (Fsp3) is 0.0909. The second kappa shape index (κ2) is 7.76. The van der Waals surface area contributed by atoms with Gasteiger partial charge in [-0.3, -0.25) is 4.98 Å². The number of anilines is 3. The third-order valence-corrected chi connectivity index (χ3v) is 4.77. The highest BCUT2D eigenvalue weighted by molar-refractivity contribution is 5.96. The summed E-state index contributed by atoms with van der Waals surface area (Å²) in [5.41, 5.74) is 5.24. The summed E-state index contributed by atoms with van der Waals surface area (Å²) in [6.45, 7) is 0.384. The predicted molar refractivity (Wildman–Crippen MR) is 118 cm³/mol. The van der Waals surface area contributed by atoms with Crippen molar-refractivity contribution in [3.8, 4) is 11.1 Å². The predicted octanol–water partition coefficient (Wildman–Crippen LogP) is 3.72. The number of nitrogens with one attached hydrogen (secondary N) is 3. The van der Waals surface area contributed by atoms with Gasteiger partial charge < -0.3 is 20.7 Å². The number of fused-ring (bicyclic) bond motifs is 2. The van der Waals surface area contributed by atoms with Gasteiger partial charge in [-0.1, -0.05) is 30.3 Å². The van der Waals surface area contributed by atoms with Gasteiger partial charge in [0.1, 0.15) is 5.52 Å². The van der Waals surface area contributed by atoms with Crippen molar-refractivity contribution in [1.29, 1.82) is 0 Å². The van der Waals surface area contributed by atoms with Gasteiger partial charge in [-0.25, -0.2) is 4.98 Å². The molecule has 0 amide bonds. The van der Waals surface area contributed by atoms with Gasteiger partial charge in [-0.15, -0.1) is 0 Å². The molecule has 8 heteroatoms. The van der Waals surface area contributed by atoms with Crippen LogP contribution in [0.25, 0.3) is 33.2 Å². The Morgan fingerprint density at radius 2 is 1.87 bits per heavy atom. The molecule has 0 atom stereocenters. The minimum atomic E-state index is 0.00231. The largest absolute Gasteiger partial charge is 0.395 e. The number of pyridine rings is 1. The van der Waals surface area contributed by atoms with Gasteiger partial charge in [0, 0.05) is 23.8 Å². The first-order valence-electron chi connectivity index (χ1n) is 9.59. The van der Waals surface area contributed by atoms with Crippen LogP contribution in [0.15, 0.2) is 67.1 Å². The summed E-state index contributed by atoms with van der Waals surface area (Å²) in [4.78, 5) is 20.8. The average Bonchev–Trinajstić information content (AvgIpc) is 3.26. The van der Waals surface area contributed by atoms with Crippen molar-refractivity contribution in [2.24, 2.45) is 0 Å². The van der Waals surface area contributed by atoms with Crippen LogP contribution in [-0.4, -0.2) is 43.2 Å². The first kappa shape index (κ1) is 18.0. The van der Waals surface area contributed by atoms with Crippen molar-refractivity contribution in [2.75, 3.05) is 23.8 Å². The van der Waals surface area contributed by atoms with Crippen molar-refractivity contribution in [2.45, 2.75) is 0 Å². The number of nitrogens with zero attached hydrogens (tertiary/aromatic N) is 4. The van der Waals surface area contributed by atoms with Crippen LogP contribution in [0.1, 0.15) is 0 Å². The molecular weight excluding hydrogens is 378 g/mol. The maximum atomic E-state index is 9.12. The van der Waals surface area contributed by atoms with E-state index < -0.39 is 0 Å². The van der Waals surface area contributed by atoms with E-state index in [2.05, 4.69) is 47.7 Å². The molecule has 0 spiro atoms. The van der Waals surface area contributed by atoms with Crippen molar-refractivity contribution in [3.05, 3.63) is 67.1 Å². The standard InChI is InChI=1S/C22H19N7O/c30-11-10-24-20-19-21(26-13-25-19)29-22(28-20)27-15-6-7-18-17(12-15)16(8-9-23-18)14-4-2-1-3-5-14/h1-9,12-13,30H,10-11H2,(H3,24,25,26,27,28,29). The van der Waals surface area contributed by atoms with Crippen molar-refractivity contribution >= 4 is 39.5 Å². The van der Waals surface area contributed by atoms with E-state index in [1.165, 1.54) is 0 Å². The Morgan fingerprint density at radius 1 is 0.967 bits per heavy atom. The summed E-state index contributed by atoms with van der Waals surface area (Å²) in [7, 11) is 0. The smallest absolute Gasteiger partial charge is 0.231 e. The van der Waals surface area contributed by atoms with Crippen LogP contribution < -0.4 is 10.6 Å². The first-order valence-corrected chi connectivity index (χ1v) is 9.59. The van der Waals surface area contributed by atoms with Gasteiger partial charge in [0.2, 0.25) is 5.95 Å². The number of rotatable bonds is 6. The molecular formula is C22H19N7O. The number of aromatic nitrogens is 5. The van der Waals surface area contributed by atoms with Crippen molar-refractivity contribution in [1.82, 2.24) is 24.9 Å². The number of H-pyrrole nitrogens is 1. The van der Waals surface area contributed by atoms with E-state index in [-0.39, 0.29) is 6.61 Å². The van der Waals surface area contributed by atoms with Crippen LogP contribution in [0.2, 0.25) is 0 Å². The Balaban J connectivity index is 1.54. The summed E-state index contributed by atoms with van der Waals surface area (Å²) < 4.78 is 0. The lowest BCUT2D eigenvalue weighted by Gasteiger charge is -2.11. The van der Waals surface area contributed by atoms with Crippen LogP contribution in [0.5, 0.6) is 0 Å². The molecule has 0 saturated heterocycles. The molecule has 0 radical (unpaired) electrons. The lowest BCUT2D eigenvalue weighted by molar-refractivity contribution is 0.311. The van der Waals surface area contributed by atoms with Crippen molar-refractivity contribution < 1.29 is 5.11 Å². The van der Waals surface area contributed by atoms with Crippen LogP contribution in [-0.2, 0) is 0 Å². The zero-order chi connectivity index (χ0) is 20.3. The lowest BCUT2D eigenvalue weighted by atomic mass is 10.0. The fourth-order valence-electron chi connectivity index (χ4n) is 3.41. The van der Waals surface area contributed by atoms with Gasteiger partial charge in [0.05, 0.1) is 18.5 Å². The Bertz CT molecular complexity index is 1320. The maximum Gasteiger partial charge on any atom is 0.231 e. The monoisotopic (exact) mass is 397 g/mol. The number of hydrogen-bond donors (Lipinski definition) is 4. The first-order chi connectivity index (χ1) is 14.8. The molecule has 148 valence electrons. The van der Waals surface area contributed by atoms with Crippen LogP contribution in [0, 0.1) is 0 Å². The van der Waals surface area contributed by atoms with E-state index in [0.717, 1.165) is 27.7 Å². The zero-order valence-corrected chi connectivity index (χ0v) is 16.0. The summed E-state index contributed by atoms with van der Waals surface area (Å²) in [6, 6.07) is 18.2. The van der Waals surface area contributed by atoms with Crippen LogP contribution in [0.4, 0.5) is 17.5 Å². The third kappa shape index (κ3) is 3.40. The molecule has 0 aliphatic heterocycles. The number of aliphatic hydroxyl groups excluding tert-OH is 1. The second-order valence-electron chi connectivity index (χ2n) is 6.73. The highest BCUT2D eigenvalue weighted by Gasteiger charge is 2.11. The molecule has 8 nitrogen and oxygen atoms in total. The van der Waals surface area contributed by atoms with E-state index in [1.807, 2.05) is 48.7 Å². The minimum absolute atomic E-state index is 0.00231. The average molecular weight is 397 g/mol. The van der Waals surface area contributed by atoms with Crippen LogP contribution >= 0.6 is 0 Å². The third-order valence-electron chi connectivity index (χ3n) is 4.77. The van der Waals surface area contributed by atoms with Gasteiger partial charge in [0.25, 0.3) is 0 Å². The molecule has 5 aromatic rings.